The van der Waals surface area contributed by atoms with Gasteiger partial charge in [-0.2, -0.15) is 0 Å². The molecular weight excluding hydrogens is 269 g/mol. The van der Waals surface area contributed by atoms with Crippen molar-refractivity contribution in [3.8, 4) is 0 Å². The van der Waals surface area contributed by atoms with E-state index in [9.17, 15) is 18.8 Å². The molecule has 0 atom stereocenters. The number of likely N-dealkylation sites (N-methyl/N-ethyl adjacent to an activating group) is 1. The lowest BCUT2D eigenvalue weighted by Gasteiger charge is -2.10. The molecule has 0 saturated carbocycles. The zero-order valence-electron chi connectivity index (χ0n) is 10.7. The van der Waals surface area contributed by atoms with E-state index in [1.165, 1.54) is 12.1 Å². The third-order valence-corrected chi connectivity index (χ3v) is 2.26. The highest BCUT2D eigenvalue weighted by Crippen LogP contribution is 2.18. The number of rotatable bonds is 5. The SMILES string of the molecule is CCNC(=O)CNC(=O)Nc1cccc(F)c1C(=O)O. The van der Waals surface area contributed by atoms with E-state index in [4.69, 9.17) is 5.11 Å². The average molecular weight is 283 g/mol. The minimum atomic E-state index is -1.50. The Kier molecular flexibility index (Phi) is 5.45. The van der Waals surface area contributed by atoms with Crippen LogP contribution in [-0.4, -0.2) is 36.1 Å². The maximum atomic E-state index is 13.3. The first kappa shape index (κ1) is 15.4. The Balaban J connectivity index is 2.69. The standard InChI is InChI=1S/C12H14FN3O4/c1-2-14-9(17)6-15-12(20)16-8-5-3-4-7(13)10(8)11(18)19/h3-5H,2,6H2,1H3,(H,14,17)(H,18,19)(H2,15,16,20). The molecule has 3 amide bonds. The summed E-state index contributed by atoms with van der Waals surface area (Å²) in [5.41, 5.74) is -0.827. The molecule has 8 heteroatoms. The number of anilines is 1. The Morgan fingerprint density at radius 3 is 2.55 bits per heavy atom. The Labute approximate surface area is 114 Å². The van der Waals surface area contributed by atoms with Crippen molar-refractivity contribution in [2.24, 2.45) is 0 Å². The number of halogens is 1. The number of hydrogen-bond acceptors (Lipinski definition) is 3. The molecule has 0 aliphatic heterocycles. The number of carbonyl (C=O) groups is 3. The number of hydrogen-bond donors (Lipinski definition) is 4. The molecule has 0 fully saturated rings. The molecule has 0 aliphatic carbocycles. The van der Waals surface area contributed by atoms with Crippen LogP contribution in [0.4, 0.5) is 14.9 Å². The predicted molar refractivity (Wildman–Crippen MR) is 69.1 cm³/mol. The van der Waals surface area contributed by atoms with Crippen molar-refractivity contribution in [1.29, 1.82) is 0 Å². The zero-order chi connectivity index (χ0) is 15.1. The molecule has 1 aromatic rings. The van der Waals surface area contributed by atoms with Gasteiger partial charge >= 0.3 is 12.0 Å². The van der Waals surface area contributed by atoms with Crippen LogP contribution in [0.15, 0.2) is 18.2 Å². The zero-order valence-corrected chi connectivity index (χ0v) is 10.7. The van der Waals surface area contributed by atoms with Crippen molar-refractivity contribution >= 4 is 23.6 Å². The molecule has 1 aromatic carbocycles. The van der Waals surface area contributed by atoms with Gasteiger partial charge in [-0.05, 0) is 19.1 Å². The minimum Gasteiger partial charge on any atom is -0.478 e. The van der Waals surface area contributed by atoms with E-state index >= 15 is 0 Å². The number of urea groups is 1. The van der Waals surface area contributed by atoms with Gasteiger partial charge in [0.25, 0.3) is 0 Å². The third kappa shape index (κ3) is 4.23. The van der Waals surface area contributed by atoms with Gasteiger partial charge in [0, 0.05) is 6.54 Å². The number of carboxylic acids is 1. The predicted octanol–water partition coefficient (Wildman–Crippen LogP) is 0.781. The lowest BCUT2D eigenvalue weighted by atomic mass is 10.1. The first-order chi connectivity index (χ1) is 9.45. The number of carboxylic acid groups (broad SMARTS) is 1. The van der Waals surface area contributed by atoms with Gasteiger partial charge in [0.15, 0.2) is 0 Å². The first-order valence-electron chi connectivity index (χ1n) is 5.79. The van der Waals surface area contributed by atoms with Crippen molar-refractivity contribution in [3.63, 3.8) is 0 Å². The second-order valence-electron chi connectivity index (χ2n) is 3.73. The van der Waals surface area contributed by atoms with E-state index in [1.807, 2.05) is 0 Å². The van der Waals surface area contributed by atoms with Crippen LogP contribution in [0.2, 0.25) is 0 Å². The van der Waals surface area contributed by atoms with E-state index < -0.39 is 23.4 Å². The number of amides is 3. The van der Waals surface area contributed by atoms with Gasteiger partial charge in [-0.1, -0.05) is 6.07 Å². The Morgan fingerprint density at radius 1 is 1.25 bits per heavy atom. The maximum absolute atomic E-state index is 13.3. The molecule has 1 rings (SSSR count). The Morgan fingerprint density at radius 2 is 1.95 bits per heavy atom. The molecule has 0 heterocycles. The Hall–Kier alpha value is -2.64. The molecule has 0 bridgehead atoms. The van der Waals surface area contributed by atoms with Gasteiger partial charge in [0.1, 0.15) is 11.4 Å². The molecule has 0 saturated heterocycles. The normalized spacial score (nSPS) is 9.70. The smallest absolute Gasteiger partial charge is 0.340 e. The maximum Gasteiger partial charge on any atom is 0.340 e. The highest BCUT2D eigenvalue weighted by Gasteiger charge is 2.17. The molecule has 0 radical (unpaired) electrons. The van der Waals surface area contributed by atoms with E-state index in [1.54, 1.807) is 6.92 Å². The van der Waals surface area contributed by atoms with E-state index in [0.717, 1.165) is 6.07 Å². The van der Waals surface area contributed by atoms with Crippen LogP contribution in [0, 0.1) is 5.82 Å². The summed E-state index contributed by atoms with van der Waals surface area (Å²) in [7, 11) is 0. The van der Waals surface area contributed by atoms with Gasteiger partial charge in [-0.25, -0.2) is 14.0 Å². The van der Waals surface area contributed by atoms with Crippen LogP contribution in [0.1, 0.15) is 17.3 Å². The first-order valence-corrected chi connectivity index (χ1v) is 5.79. The highest BCUT2D eigenvalue weighted by molar-refractivity contribution is 6.00. The molecule has 7 nitrogen and oxygen atoms in total. The summed E-state index contributed by atoms with van der Waals surface area (Å²) in [6, 6.07) is 2.69. The van der Waals surface area contributed by atoms with Crippen molar-refractivity contribution < 1.29 is 23.9 Å². The lowest BCUT2D eigenvalue weighted by Crippen LogP contribution is -2.39. The van der Waals surface area contributed by atoms with Crippen molar-refractivity contribution in [2.75, 3.05) is 18.4 Å². The van der Waals surface area contributed by atoms with E-state index in [0.29, 0.717) is 6.54 Å². The van der Waals surface area contributed by atoms with Crippen LogP contribution in [0.3, 0.4) is 0 Å². The number of carbonyl (C=O) groups excluding carboxylic acids is 2. The molecule has 0 spiro atoms. The number of nitrogens with one attached hydrogen (secondary N) is 3. The highest BCUT2D eigenvalue weighted by atomic mass is 19.1. The molecule has 0 aromatic heterocycles. The molecule has 108 valence electrons. The van der Waals surface area contributed by atoms with Crippen molar-refractivity contribution in [3.05, 3.63) is 29.6 Å². The second kappa shape index (κ2) is 7.07. The quantitative estimate of drug-likeness (QED) is 0.640. The van der Waals surface area contributed by atoms with Gasteiger partial charge in [0.2, 0.25) is 5.91 Å². The molecule has 0 unspecified atom stereocenters. The molecule has 4 N–H and O–H groups in total. The fourth-order valence-electron chi connectivity index (χ4n) is 1.43. The van der Waals surface area contributed by atoms with Crippen LogP contribution in [-0.2, 0) is 4.79 Å². The fourth-order valence-corrected chi connectivity index (χ4v) is 1.43. The van der Waals surface area contributed by atoms with Gasteiger partial charge in [-0.15, -0.1) is 0 Å². The van der Waals surface area contributed by atoms with Gasteiger partial charge < -0.3 is 21.1 Å². The minimum absolute atomic E-state index is 0.189. The summed E-state index contributed by atoms with van der Waals surface area (Å²) in [5, 5.41) is 15.7. The topological polar surface area (TPSA) is 108 Å². The average Bonchev–Trinajstić information content (AvgIpc) is 2.36. The summed E-state index contributed by atoms with van der Waals surface area (Å²) in [4.78, 5) is 33.5. The molecule has 20 heavy (non-hydrogen) atoms. The van der Waals surface area contributed by atoms with Gasteiger partial charge in [0.05, 0.1) is 12.2 Å². The van der Waals surface area contributed by atoms with E-state index in [2.05, 4.69) is 16.0 Å². The molecular formula is C12H14FN3O4. The molecule has 0 aliphatic rings. The monoisotopic (exact) mass is 283 g/mol. The summed E-state index contributed by atoms with van der Waals surface area (Å²) in [5.74, 6) is -2.85. The fraction of sp³-hybridized carbons (Fsp3) is 0.250. The van der Waals surface area contributed by atoms with E-state index in [-0.39, 0.29) is 18.1 Å². The summed E-state index contributed by atoms with van der Waals surface area (Å²) in [6.45, 7) is 1.89. The lowest BCUT2D eigenvalue weighted by molar-refractivity contribution is -0.119. The Bertz CT molecular complexity index is 533. The van der Waals surface area contributed by atoms with Crippen molar-refractivity contribution in [1.82, 2.24) is 10.6 Å². The number of aromatic carboxylic acids is 1. The van der Waals surface area contributed by atoms with Crippen molar-refractivity contribution in [2.45, 2.75) is 6.92 Å². The van der Waals surface area contributed by atoms with Crippen LogP contribution >= 0.6 is 0 Å². The summed E-state index contributed by atoms with van der Waals surface area (Å²) >= 11 is 0. The van der Waals surface area contributed by atoms with Crippen LogP contribution < -0.4 is 16.0 Å². The largest absolute Gasteiger partial charge is 0.478 e. The second-order valence-corrected chi connectivity index (χ2v) is 3.73. The number of benzene rings is 1. The summed E-state index contributed by atoms with van der Waals surface area (Å²) in [6.07, 6.45) is 0. The van der Waals surface area contributed by atoms with Crippen LogP contribution in [0.5, 0.6) is 0 Å². The summed E-state index contributed by atoms with van der Waals surface area (Å²) < 4.78 is 13.3. The van der Waals surface area contributed by atoms with Gasteiger partial charge in [-0.3, -0.25) is 4.79 Å². The third-order valence-electron chi connectivity index (χ3n) is 2.26. The van der Waals surface area contributed by atoms with Crippen LogP contribution in [0.25, 0.3) is 0 Å².